The molecule has 0 aliphatic carbocycles. The molecule has 1 aromatic heterocycles. The second-order valence-electron chi connectivity index (χ2n) is 5.27. The number of benzene rings is 1. The molecule has 0 saturated carbocycles. The first kappa shape index (κ1) is 15.7. The Morgan fingerprint density at radius 1 is 1.24 bits per heavy atom. The van der Waals surface area contributed by atoms with E-state index in [-0.39, 0.29) is 11.6 Å². The molecule has 0 aliphatic heterocycles. The highest BCUT2D eigenvalue weighted by Gasteiger charge is 2.16. The van der Waals surface area contributed by atoms with Crippen molar-refractivity contribution in [1.82, 2.24) is 14.7 Å². The molecule has 0 bridgehead atoms. The topological polar surface area (TPSA) is 74.8 Å². The first-order valence-electron chi connectivity index (χ1n) is 7.04. The molecular formula is C15H21N3O2S. The molecule has 0 fully saturated rings. The fourth-order valence-corrected chi connectivity index (χ4v) is 2.89. The minimum atomic E-state index is -3.54. The number of aromatic nitrogens is 2. The van der Waals surface area contributed by atoms with E-state index in [2.05, 4.69) is 28.5 Å². The molecule has 5 nitrogen and oxygen atoms in total. The van der Waals surface area contributed by atoms with Crippen molar-refractivity contribution >= 4 is 10.0 Å². The molecule has 0 amide bonds. The monoisotopic (exact) mass is 307 g/mol. The van der Waals surface area contributed by atoms with Crippen LogP contribution < -0.4 is 4.72 Å². The highest BCUT2D eigenvalue weighted by molar-refractivity contribution is 7.89. The molecule has 6 heteroatoms. The van der Waals surface area contributed by atoms with Gasteiger partial charge >= 0.3 is 0 Å². The average molecular weight is 307 g/mol. The summed E-state index contributed by atoms with van der Waals surface area (Å²) in [7, 11) is -3.54. The number of sulfonamides is 1. The number of nitrogens with one attached hydrogen (secondary N) is 2. The molecule has 0 atom stereocenters. The van der Waals surface area contributed by atoms with E-state index in [1.807, 2.05) is 31.2 Å². The Hall–Kier alpha value is -1.66. The fourth-order valence-electron chi connectivity index (χ4n) is 1.94. The van der Waals surface area contributed by atoms with Crippen LogP contribution in [0.15, 0.2) is 35.5 Å². The molecule has 114 valence electrons. The predicted molar refractivity (Wildman–Crippen MR) is 82.5 cm³/mol. The SMILES string of the molecule is CCc1ncc(S(=O)(=O)NCc2ccc(C(C)C)cc2)[nH]1. The summed E-state index contributed by atoms with van der Waals surface area (Å²) in [5.74, 6) is 1.13. The van der Waals surface area contributed by atoms with Crippen molar-refractivity contribution < 1.29 is 8.42 Å². The highest BCUT2D eigenvalue weighted by atomic mass is 32.2. The zero-order valence-corrected chi connectivity index (χ0v) is 13.4. The lowest BCUT2D eigenvalue weighted by atomic mass is 10.0. The fraction of sp³-hybridized carbons (Fsp3) is 0.400. The van der Waals surface area contributed by atoms with Crippen molar-refractivity contribution in [2.24, 2.45) is 0 Å². The van der Waals surface area contributed by atoms with Crippen LogP contribution in [0, 0.1) is 0 Å². The van der Waals surface area contributed by atoms with Gasteiger partial charge in [-0.3, -0.25) is 0 Å². The van der Waals surface area contributed by atoms with Gasteiger partial charge in [-0.1, -0.05) is 45.0 Å². The molecule has 0 unspecified atom stereocenters. The van der Waals surface area contributed by atoms with Crippen LogP contribution in [0.1, 0.15) is 43.6 Å². The lowest BCUT2D eigenvalue weighted by Crippen LogP contribution is -2.23. The Labute approximate surface area is 125 Å². The molecule has 0 radical (unpaired) electrons. The Kier molecular flexibility index (Phi) is 4.80. The summed E-state index contributed by atoms with van der Waals surface area (Å²) in [6, 6.07) is 7.95. The summed E-state index contributed by atoms with van der Waals surface area (Å²) >= 11 is 0. The van der Waals surface area contributed by atoms with Crippen molar-refractivity contribution in [2.45, 2.75) is 44.7 Å². The van der Waals surface area contributed by atoms with Crippen LogP contribution in [-0.4, -0.2) is 18.4 Å². The van der Waals surface area contributed by atoms with Crippen LogP contribution in [0.4, 0.5) is 0 Å². The maximum Gasteiger partial charge on any atom is 0.257 e. The van der Waals surface area contributed by atoms with Gasteiger partial charge in [-0.05, 0) is 17.0 Å². The van der Waals surface area contributed by atoms with Gasteiger partial charge in [-0.15, -0.1) is 0 Å². The van der Waals surface area contributed by atoms with Crippen molar-refractivity contribution in [2.75, 3.05) is 0 Å². The van der Waals surface area contributed by atoms with E-state index in [9.17, 15) is 8.42 Å². The Balaban J connectivity index is 2.04. The maximum atomic E-state index is 12.1. The maximum absolute atomic E-state index is 12.1. The smallest absolute Gasteiger partial charge is 0.257 e. The van der Waals surface area contributed by atoms with Gasteiger partial charge in [0.2, 0.25) is 0 Å². The predicted octanol–water partition coefficient (Wildman–Crippen LogP) is 2.57. The Morgan fingerprint density at radius 3 is 2.43 bits per heavy atom. The lowest BCUT2D eigenvalue weighted by molar-refractivity contribution is 0.578. The van der Waals surface area contributed by atoms with Gasteiger partial charge in [0.15, 0.2) is 5.03 Å². The summed E-state index contributed by atoms with van der Waals surface area (Å²) in [4.78, 5) is 6.81. The number of hydrogen-bond acceptors (Lipinski definition) is 3. The lowest BCUT2D eigenvalue weighted by Gasteiger charge is -2.08. The zero-order valence-electron chi connectivity index (χ0n) is 12.6. The van der Waals surface area contributed by atoms with E-state index in [4.69, 9.17) is 0 Å². The summed E-state index contributed by atoms with van der Waals surface area (Å²) < 4.78 is 26.8. The number of imidazole rings is 1. The van der Waals surface area contributed by atoms with Crippen molar-refractivity contribution in [3.8, 4) is 0 Å². The third kappa shape index (κ3) is 3.92. The Bertz CT molecular complexity index is 688. The van der Waals surface area contributed by atoms with Crippen molar-refractivity contribution in [1.29, 1.82) is 0 Å². The molecule has 0 aliphatic rings. The Morgan fingerprint density at radius 2 is 1.90 bits per heavy atom. The van der Waals surface area contributed by atoms with Crippen LogP contribution in [0.5, 0.6) is 0 Å². The molecule has 2 rings (SSSR count). The van der Waals surface area contributed by atoms with Crippen molar-refractivity contribution in [3.05, 3.63) is 47.4 Å². The number of H-pyrrole nitrogens is 1. The van der Waals surface area contributed by atoms with Crippen LogP contribution >= 0.6 is 0 Å². The summed E-state index contributed by atoms with van der Waals surface area (Å²) in [5, 5.41) is 0.109. The molecule has 1 aromatic carbocycles. The van der Waals surface area contributed by atoms with Gasteiger partial charge in [0.1, 0.15) is 5.82 Å². The number of aryl methyl sites for hydroxylation is 1. The van der Waals surface area contributed by atoms with Gasteiger partial charge < -0.3 is 4.98 Å². The molecule has 2 aromatic rings. The number of rotatable bonds is 6. The van der Waals surface area contributed by atoms with E-state index in [1.54, 1.807) is 0 Å². The normalized spacial score (nSPS) is 12.0. The minimum Gasteiger partial charge on any atom is -0.332 e. The molecule has 21 heavy (non-hydrogen) atoms. The summed E-state index contributed by atoms with van der Waals surface area (Å²) in [5.41, 5.74) is 2.17. The number of hydrogen-bond donors (Lipinski definition) is 2. The molecule has 1 heterocycles. The van der Waals surface area contributed by atoms with E-state index in [0.717, 1.165) is 5.56 Å². The standard InChI is InChI=1S/C15H21N3O2S/c1-4-14-16-10-15(18-14)21(19,20)17-9-12-5-7-13(8-6-12)11(2)3/h5-8,10-11,17H,4,9H2,1-3H3,(H,16,18). The second kappa shape index (κ2) is 6.41. The summed E-state index contributed by atoms with van der Waals surface area (Å²) in [6.07, 6.45) is 2.02. The van der Waals surface area contributed by atoms with E-state index in [1.165, 1.54) is 11.8 Å². The third-order valence-electron chi connectivity index (χ3n) is 3.34. The number of aromatic amines is 1. The van der Waals surface area contributed by atoms with Gasteiger partial charge in [0.25, 0.3) is 10.0 Å². The van der Waals surface area contributed by atoms with E-state index in [0.29, 0.717) is 18.2 Å². The van der Waals surface area contributed by atoms with Crippen molar-refractivity contribution in [3.63, 3.8) is 0 Å². The second-order valence-corrected chi connectivity index (χ2v) is 7.00. The van der Waals surface area contributed by atoms with Crippen LogP contribution in [0.3, 0.4) is 0 Å². The summed E-state index contributed by atoms with van der Waals surface area (Å²) in [6.45, 7) is 6.43. The van der Waals surface area contributed by atoms with Crippen LogP contribution in [0.2, 0.25) is 0 Å². The van der Waals surface area contributed by atoms with Gasteiger partial charge in [0.05, 0.1) is 6.20 Å². The first-order valence-corrected chi connectivity index (χ1v) is 8.53. The van der Waals surface area contributed by atoms with Gasteiger partial charge in [0, 0.05) is 13.0 Å². The first-order chi connectivity index (χ1) is 9.92. The molecule has 0 saturated heterocycles. The van der Waals surface area contributed by atoms with E-state index < -0.39 is 10.0 Å². The van der Waals surface area contributed by atoms with Gasteiger partial charge in [-0.25, -0.2) is 18.1 Å². The molecule has 0 spiro atoms. The minimum absolute atomic E-state index is 0.109. The zero-order chi connectivity index (χ0) is 15.5. The molecule has 2 N–H and O–H groups in total. The quantitative estimate of drug-likeness (QED) is 0.861. The van der Waals surface area contributed by atoms with Crippen LogP contribution in [-0.2, 0) is 23.0 Å². The van der Waals surface area contributed by atoms with Crippen LogP contribution in [0.25, 0.3) is 0 Å². The van der Waals surface area contributed by atoms with E-state index >= 15 is 0 Å². The average Bonchev–Trinajstić information content (AvgIpc) is 2.95. The molecular weight excluding hydrogens is 286 g/mol. The van der Waals surface area contributed by atoms with Gasteiger partial charge in [-0.2, -0.15) is 0 Å². The third-order valence-corrected chi connectivity index (χ3v) is 4.65. The highest BCUT2D eigenvalue weighted by Crippen LogP contribution is 2.15. The number of nitrogens with zero attached hydrogens (tertiary/aromatic N) is 1. The largest absolute Gasteiger partial charge is 0.332 e.